The summed E-state index contributed by atoms with van der Waals surface area (Å²) in [6, 6.07) is 2.33. The molecule has 3 heterocycles. The van der Waals surface area contributed by atoms with E-state index >= 15 is 0 Å². The molecule has 3 rings (SSSR count). The number of anilines is 1. The van der Waals surface area contributed by atoms with E-state index in [1.807, 2.05) is 7.05 Å². The van der Waals surface area contributed by atoms with Gasteiger partial charge in [0.2, 0.25) is 0 Å². The van der Waals surface area contributed by atoms with Crippen molar-refractivity contribution in [2.45, 2.75) is 13.0 Å². The highest BCUT2D eigenvalue weighted by atomic mass is 32.1. The van der Waals surface area contributed by atoms with Gasteiger partial charge in [-0.05, 0) is 29.3 Å². The van der Waals surface area contributed by atoms with Gasteiger partial charge in [-0.25, -0.2) is 9.97 Å². The summed E-state index contributed by atoms with van der Waals surface area (Å²) in [6.07, 6.45) is 3.35. The summed E-state index contributed by atoms with van der Waals surface area (Å²) >= 11 is 1.70. The second-order valence-corrected chi connectivity index (χ2v) is 4.93. The van der Waals surface area contributed by atoms with Crippen LogP contribution in [-0.4, -0.2) is 19.7 Å². The molecule has 1 N–H and O–H groups in total. The molecule has 6 heteroatoms. The molecule has 92 valence electrons. The lowest BCUT2D eigenvalue weighted by Gasteiger charge is -2.13. The van der Waals surface area contributed by atoms with Crippen LogP contribution in [0.2, 0.25) is 0 Å². The van der Waals surface area contributed by atoms with Gasteiger partial charge in [0.05, 0.1) is 17.6 Å². The molecule has 0 aliphatic heterocycles. The molecule has 1 atom stereocenters. The first-order valence-corrected chi connectivity index (χ1v) is 6.61. The van der Waals surface area contributed by atoms with Crippen molar-refractivity contribution in [2.75, 3.05) is 5.32 Å². The van der Waals surface area contributed by atoms with E-state index in [-0.39, 0.29) is 6.04 Å². The molecule has 0 fully saturated rings. The van der Waals surface area contributed by atoms with E-state index in [1.165, 1.54) is 5.56 Å². The maximum atomic E-state index is 4.30. The first-order chi connectivity index (χ1) is 8.75. The molecule has 1 unspecified atom stereocenters. The van der Waals surface area contributed by atoms with Gasteiger partial charge in [-0.3, -0.25) is 4.68 Å². The molecule has 18 heavy (non-hydrogen) atoms. The van der Waals surface area contributed by atoms with Crippen LogP contribution < -0.4 is 5.32 Å². The number of thiophene rings is 1. The molecule has 0 aromatic carbocycles. The Balaban J connectivity index is 1.95. The Morgan fingerprint density at radius 1 is 1.39 bits per heavy atom. The van der Waals surface area contributed by atoms with Crippen LogP contribution >= 0.6 is 11.3 Å². The smallest absolute Gasteiger partial charge is 0.163 e. The largest absolute Gasteiger partial charge is 0.363 e. The van der Waals surface area contributed by atoms with Crippen LogP contribution in [0.4, 0.5) is 5.82 Å². The van der Waals surface area contributed by atoms with Crippen molar-refractivity contribution >= 4 is 28.2 Å². The molecule has 0 saturated carbocycles. The van der Waals surface area contributed by atoms with Crippen LogP contribution in [-0.2, 0) is 7.05 Å². The Kier molecular flexibility index (Phi) is 2.71. The van der Waals surface area contributed by atoms with E-state index < -0.39 is 0 Å². The SMILES string of the molecule is CC(Nc1ncnc2c1cnn2C)c1ccsc1. The molecule has 0 aliphatic carbocycles. The zero-order valence-electron chi connectivity index (χ0n) is 10.2. The summed E-state index contributed by atoms with van der Waals surface area (Å²) in [5.74, 6) is 0.826. The second kappa shape index (κ2) is 4.38. The number of nitrogens with one attached hydrogen (secondary N) is 1. The van der Waals surface area contributed by atoms with Crippen LogP contribution in [0.3, 0.4) is 0 Å². The topological polar surface area (TPSA) is 55.6 Å². The predicted molar refractivity (Wildman–Crippen MR) is 72.7 cm³/mol. The minimum Gasteiger partial charge on any atom is -0.363 e. The molecule has 3 aromatic heterocycles. The molecule has 0 aliphatic rings. The maximum Gasteiger partial charge on any atom is 0.163 e. The van der Waals surface area contributed by atoms with Crippen LogP contribution in [0.5, 0.6) is 0 Å². The number of fused-ring (bicyclic) bond motifs is 1. The van der Waals surface area contributed by atoms with E-state index in [1.54, 1.807) is 28.5 Å². The fraction of sp³-hybridized carbons (Fsp3) is 0.250. The number of aryl methyl sites for hydroxylation is 1. The van der Waals surface area contributed by atoms with E-state index in [2.05, 4.69) is 44.1 Å². The Bertz CT molecular complexity index is 658. The Morgan fingerprint density at radius 3 is 3.06 bits per heavy atom. The third-order valence-electron chi connectivity index (χ3n) is 2.93. The van der Waals surface area contributed by atoms with Gasteiger partial charge in [-0.2, -0.15) is 16.4 Å². The summed E-state index contributed by atoms with van der Waals surface area (Å²) in [6.45, 7) is 2.12. The zero-order chi connectivity index (χ0) is 12.5. The number of nitrogens with zero attached hydrogens (tertiary/aromatic N) is 4. The highest BCUT2D eigenvalue weighted by Crippen LogP contribution is 2.24. The van der Waals surface area contributed by atoms with Gasteiger partial charge in [0, 0.05) is 7.05 Å². The summed E-state index contributed by atoms with van der Waals surface area (Å²) in [5, 5.41) is 12.8. The lowest BCUT2D eigenvalue weighted by molar-refractivity contribution is 0.785. The summed E-state index contributed by atoms with van der Waals surface area (Å²) in [5.41, 5.74) is 2.10. The summed E-state index contributed by atoms with van der Waals surface area (Å²) in [7, 11) is 1.88. The Morgan fingerprint density at radius 2 is 2.28 bits per heavy atom. The number of rotatable bonds is 3. The molecular weight excluding hydrogens is 246 g/mol. The quantitative estimate of drug-likeness (QED) is 0.785. The van der Waals surface area contributed by atoms with Crippen molar-refractivity contribution in [1.29, 1.82) is 0 Å². The van der Waals surface area contributed by atoms with Crippen molar-refractivity contribution in [3.05, 3.63) is 34.9 Å². The first kappa shape index (κ1) is 11.2. The van der Waals surface area contributed by atoms with Gasteiger partial charge in [0.1, 0.15) is 12.1 Å². The van der Waals surface area contributed by atoms with Crippen LogP contribution in [0, 0.1) is 0 Å². The van der Waals surface area contributed by atoms with Gasteiger partial charge in [-0.15, -0.1) is 0 Å². The molecule has 0 spiro atoms. The van der Waals surface area contributed by atoms with Gasteiger partial charge in [0.25, 0.3) is 0 Å². The average molecular weight is 259 g/mol. The number of hydrogen-bond donors (Lipinski definition) is 1. The molecular formula is C12H13N5S. The van der Waals surface area contributed by atoms with Crippen molar-refractivity contribution in [1.82, 2.24) is 19.7 Å². The predicted octanol–water partition coefficient (Wildman–Crippen LogP) is 2.60. The molecule has 5 nitrogen and oxygen atoms in total. The first-order valence-electron chi connectivity index (χ1n) is 5.67. The average Bonchev–Trinajstić information content (AvgIpc) is 3.00. The van der Waals surface area contributed by atoms with Crippen LogP contribution in [0.25, 0.3) is 11.0 Å². The maximum absolute atomic E-state index is 4.30. The van der Waals surface area contributed by atoms with Gasteiger partial charge in [-0.1, -0.05) is 0 Å². The van der Waals surface area contributed by atoms with E-state index in [9.17, 15) is 0 Å². The minimum atomic E-state index is 0.217. The zero-order valence-corrected chi connectivity index (χ0v) is 11.0. The highest BCUT2D eigenvalue weighted by Gasteiger charge is 2.11. The third-order valence-corrected chi connectivity index (χ3v) is 3.63. The van der Waals surface area contributed by atoms with Crippen molar-refractivity contribution in [3.8, 4) is 0 Å². The Hall–Kier alpha value is -1.95. The van der Waals surface area contributed by atoms with Gasteiger partial charge >= 0.3 is 0 Å². The number of hydrogen-bond acceptors (Lipinski definition) is 5. The number of aromatic nitrogens is 4. The lowest BCUT2D eigenvalue weighted by Crippen LogP contribution is -2.07. The molecule has 0 saturated heterocycles. The minimum absolute atomic E-state index is 0.217. The fourth-order valence-corrected chi connectivity index (χ4v) is 2.64. The highest BCUT2D eigenvalue weighted by molar-refractivity contribution is 7.07. The Labute approximate surface area is 109 Å². The van der Waals surface area contributed by atoms with Crippen molar-refractivity contribution in [2.24, 2.45) is 7.05 Å². The summed E-state index contributed by atoms with van der Waals surface area (Å²) < 4.78 is 1.75. The van der Waals surface area contributed by atoms with Crippen LogP contribution in [0.1, 0.15) is 18.5 Å². The second-order valence-electron chi connectivity index (χ2n) is 4.15. The van der Waals surface area contributed by atoms with E-state index in [4.69, 9.17) is 0 Å². The lowest BCUT2D eigenvalue weighted by atomic mass is 10.2. The molecule has 0 radical (unpaired) electrons. The van der Waals surface area contributed by atoms with Crippen molar-refractivity contribution in [3.63, 3.8) is 0 Å². The molecule has 3 aromatic rings. The standard InChI is InChI=1S/C12H13N5S/c1-8(9-3-4-18-6-9)16-11-10-5-15-17(2)12(10)14-7-13-11/h3-8H,1-2H3,(H,13,14,16). The normalized spacial score (nSPS) is 12.8. The van der Waals surface area contributed by atoms with Crippen molar-refractivity contribution < 1.29 is 0 Å². The van der Waals surface area contributed by atoms with E-state index in [0.717, 1.165) is 16.9 Å². The third kappa shape index (κ3) is 1.84. The fourth-order valence-electron chi connectivity index (χ4n) is 1.89. The molecule has 0 bridgehead atoms. The van der Waals surface area contributed by atoms with E-state index in [0.29, 0.717) is 0 Å². The molecule has 0 amide bonds. The van der Waals surface area contributed by atoms with Gasteiger partial charge < -0.3 is 5.32 Å². The van der Waals surface area contributed by atoms with Gasteiger partial charge in [0.15, 0.2) is 5.65 Å². The monoisotopic (exact) mass is 259 g/mol. The summed E-state index contributed by atoms with van der Waals surface area (Å²) in [4.78, 5) is 8.52. The van der Waals surface area contributed by atoms with Crippen LogP contribution in [0.15, 0.2) is 29.4 Å².